The van der Waals surface area contributed by atoms with Crippen LogP contribution in [0.4, 0.5) is 11.4 Å². The topological polar surface area (TPSA) is 61.4 Å². The highest BCUT2D eigenvalue weighted by molar-refractivity contribution is 6.06. The lowest BCUT2D eigenvalue weighted by Crippen LogP contribution is -2.29. The van der Waals surface area contributed by atoms with E-state index in [1.54, 1.807) is 0 Å². The molecule has 0 bridgehead atoms. The van der Waals surface area contributed by atoms with Gasteiger partial charge in [0.2, 0.25) is 0 Å². The van der Waals surface area contributed by atoms with Crippen LogP contribution in [0.15, 0.2) is 72.8 Å². The Morgan fingerprint density at radius 1 is 0.784 bits per heavy atom. The van der Waals surface area contributed by atoms with E-state index in [1.807, 2.05) is 60.7 Å². The van der Waals surface area contributed by atoms with Crippen LogP contribution in [-0.4, -0.2) is 31.4 Å². The molecule has 4 rings (SSSR count). The maximum absolute atomic E-state index is 13.2. The van der Waals surface area contributed by atoms with Gasteiger partial charge >= 0.3 is 0 Å². The molecule has 1 aliphatic rings. The molecule has 2 amide bonds. The number of aryl methyl sites for hydroxylation is 1. The summed E-state index contributed by atoms with van der Waals surface area (Å²) < 4.78 is 0. The minimum absolute atomic E-state index is 0.110. The highest BCUT2D eigenvalue weighted by Crippen LogP contribution is 2.28. The zero-order chi connectivity index (χ0) is 25.9. The standard InChI is InChI=1S/C32H39N3O2/c1-2-3-4-6-13-26-14-16-27(17-15-26)31(36)34-28-18-19-30(35-22-9-10-23-35)29(24-28)32(37)33-21-20-25-11-7-5-8-12-25/h5,7-8,11-12,14-19,24H,2-4,6,9-10,13,20-23H2,1H3,(H,33,37)(H,34,36). The quantitative estimate of drug-likeness (QED) is 0.276. The van der Waals surface area contributed by atoms with Gasteiger partial charge < -0.3 is 15.5 Å². The van der Waals surface area contributed by atoms with Gasteiger partial charge in [-0.25, -0.2) is 0 Å². The number of nitrogens with one attached hydrogen (secondary N) is 2. The van der Waals surface area contributed by atoms with Crippen molar-refractivity contribution in [2.45, 2.75) is 58.3 Å². The van der Waals surface area contributed by atoms with Crippen molar-refractivity contribution in [3.05, 3.63) is 95.1 Å². The third-order valence-corrected chi connectivity index (χ3v) is 7.02. The van der Waals surface area contributed by atoms with E-state index in [0.29, 0.717) is 23.4 Å². The summed E-state index contributed by atoms with van der Waals surface area (Å²) in [5.74, 6) is -0.275. The van der Waals surface area contributed by atoms with Crippen molar-refractivity contribution in [2.75, 3.05) is 29.9 Å². The fourth-order valence-electron chi connectivity index (χ4n) is 4.87. The van der Waals surface area contributed by atoms with Crippen molar-refractivity contribution >= 4 is 23.2 Å². The first-order valence-electron chi connectivity index (χ1n) is 13.8. The second-order valence-corrected chi connectivity index (χ2v) is 9.88. The van der Waals surface area contributed by atoms with Crippen LogP contribution in [-0.2, 0) is 12.8 Å². The molecule has 5 nitrogen and oxygen atoms in total. The smallest absolute Gasteiger partial charge is 0.255 e. The van der Waals surface area contributed by atoms with Gasteiger partial charge in [-0.2, -0.15) is 0 Å². The van der Waals surface area contributed by atoms with E-state index in [-0.39, 0.29) is 11.8 Å². The van der Waals surface area contributed by atoms with Crippen LogP contribution in [0, 0.1) is 0 Å². The minimum atomic E-state index is -0.165. The van der Waals surface area contributed by atoms with Gasteiger partial charge in [0, 0.05) is 36.6 Å². The summed E-state index contributed by atoms with van der Waals surface area (Å²) >= 11 is 0. The molecule has 0 saturated carbocycles. The molecule has 1 fully saturated rings. The van der Waals surface area contributed by atoms with E-state index in [9.17, 15) is 9.59 Å². The summed E-state index contributed by atoms with van der Waals surface area (Å²) in [5, 5.41) is 6.07. The number of anilines is 2. The number of unbranched alkanes of at least 4 members (excludes halogenated alkanes) is 3. The van der Waals surface area contributed by atoms with Crippen LogP contribution >= 0.6 is 0 Å². The normalized spacial score (nSPS) is 12.9. The second-order valence-electron chi connectivity index (χ2n) is 9.88. The Morgan fingerprint density at radius 2 is 1.51 bits per heavy atom. The molecule has 0 aromatic heterocycles. The predicted molar refractivity (Wildman–Crippen MR) is 153 cm³/mol. The molecule has 194 valence electrons. The van der Waals surface area contributed by atoms with Crippen LogP contribution in [0.25, 0.3) is 0 Å². The van der Waals surface area contributed by atoms with Crippen molar-refractivity contribution in [1.29, 1.82) is 0 Å². The number of carbonyl (C=O) groups is 2. The Balaban J connectivity index is 1.42. The largest absolute Gasteiger partial charge is 0.371 e. The molecular formula is C32H39N3O2. The highest BCUT2D eigenvalue weighted by atomic mass is 16.2. The van der Waals surface area contributed by atoms with Crippen LogP contribution in [0.2, 0.25) is 0 Å². The lowest BCUT2D eigenvalue weighted by Gasteiger charge is -2.22. The third-order valence-electron chi connectivity index (χ3n) is 7.02. The van der Waals surface area contributed by atoms with Crippen molar-refractivity contribution < 1.29 is 9.59 Å². The lowest BCUT2D eigenvalue weighted by atomic mass is 10.0. The third kappa shape index (κ3) is 7.69. The molecule has 0 aliphatic carbocycles. The molecule has 0 atom stereocenters. The van der Waals surface area contributed by atoms with E-state index in [0.717, 1.165) is 44.5 Å². The highest BCUT2D eigenvalue weighted by Gasteiger charge is 2.20. The van der Waals surface area contributed by atoms with E-state index in [1.165, 1.54) is 36.8 Å². The van der Waals surface area contributed by atoms with E-state index in [4.69, 9.17) is 0 Å². The van der Waals surface area contributed by atoms with E-state index in [2.05, 4.69) is 34.6 Å². The van der Waals surface area contributed by atoms with Crippen molar-refractivity contribution in [1.82, 2.24) is 5.32 Å². The summed E-state index contributed by atoms with van der Waals surface area (Å²) in [5.41, 5.74) is 5.24. The van der Waals surface area contributed by atoms with Crippen molar-refractivity contribution in [2.24, 2.45) is 0 Å². The molecule has 1 heterocycles. The Hall–Kier alpha value is -3.60. The second kappa shape index (κ2) is 13.6. The summed E-state index contributed by atoms with van der Waals surface area (Å²) in [6, 6.07) is 23.7. The molecule has 0 radical (unpaired) electrons. The van der Waals surface area contributed by atoms with E-state index < -0.39 is 0 Å². The molecule has 0 unspecified atom stereocenters. The molecule has 0 spiro atoms. The molecular weight excluding hydrogens is 458 g/mol. The fourth-order valence-corrected chi connectivity index (χ4v) is 4.87. The van der Waals surface area contributed by atoms with Crippen molar-refractivity contribution in [3.8, 4) is 0 Å². The number of amides is 2. The Bertz CT molecular complexity index is 1150. The molecule has 3 aromatic carbocycles. The van der Waals surface area contributed by atoms with Crippen LogP contribution in [0.1, 0.15) is 77.3 Å². The van der Waals surface area contributed by atoms with Gasteiger partial charge in [-0.15, -0.1) is 0 Å². The Kier molecular flexibility index (Phi) is 9.75. The predicted octanol–water partition coefficient (Wildman–Crippen LogP) is 6.63. The lowest BCUT2D eigenvalue weighted by molar-refractivity contribution is 0.0953. The molecule has 5 heteroatoms. The van der Waals surface area contributed by atoms with Crippen molar-refractivity contribution in [3.63, 3.8) is 0 Å². The summed E-state index contributed by atoms with van der Waals surface area (Å²) in [7, 11) is 0. The minimum Gasteiger partial charge on any atom is -0.371 e. The van der Waals surface area contributed by atoms with Crippen LogP contribution in [0.3, 0.4) is 0 Å². The number of nitrogens with zero attached hydrogens (tertiary/aromatic N) is 1. The van der Waals surface area contributed by atoms with Gasteiger partial charge in [0.15, 0.2) is 0 Å². The summed E-state index contributed by atoms with van der Waals surface area (Å²) in [6.45, 7) is 4.67. The monoisotopic (exact) mass is 497 g/mol. The average Bonchev–Trinajstić information content (AvgIpc) is 3.47. The first-order chi connectivity index (χ1) is 18.1. The molecule has 1 aliphatic heterocycles. The van der Waals surface area contributed by atoms with Gasteiger partial charge in [-0.3, -0.25) is 9.59 Å². The first-order valence-corrected chi connectivity index (χ1v) is 13.8. The number of rotatable bonds is 12. The molecule has 3 aromatic rings. The molecule has 37 heavy (non-hydrogen) atoms. The SMILES string of the molecule is CCCCCCc1ccc(C(=O)Nc2ccc(N3CCCC3)c(C(=O)NCCc3ccccc3)c2)cc1. The number of hydrogen-bond acceptors (Lipinski definition) is 3. The zero-order valence-corrected chi connectivity index (χ0v) is 22.0. The van der Waals surface area contributed by atoms with Crippen LogP contribution < -0.4 is 15.5 Å². The summed E-state index contributed by atoms with van der Waals surface area (Å²) in [4.78, 5) is 28.4. The van der Waals surface area contributed by atoms with Gasteiger partial charge in [-0.05, 0) is 73.6 Å². The molecule has 2 N–H and O–H groups in total. The summed E-state index contributed by atoms with van der Waals surface area (Å²) in [6.07, 6.45) is 9.00. The molecule has 1 saturated heterocycles. The van der Waals surface area contributed by atoms with E-state index >= 15 is 0 Å². The number of benzene rings is 3. The Labute approximate surface area is 221 Å². The van der Waals surface area contributed by atoms with Gasteiger partial charge in [-0.1, -0.05) is 68.7 Å². The Morgan fingerprint density at radius 3 is 2.24 bits per heavy atom. The maximum Gasteiger partial charge on any atom is 0.255 e. The van der Waals surface area contributed by atoms with Crippen LogP contribution in [0.5, 0.6) is 0 Å². The fraction of sp³-hybridized carbons (Fsp3) is 0.375. The van der Waals surface area contributed by atoms with Gasteiger partial charge in [0.25, 0.3) is 11.8 Å². The number of hydrogen-bond donors (Lipinski definition) is 2. The zero-order valence-electron chi connectivity index (χ0n) is 22.0. The first kappa shape index (κ1) is 26.5. The van der Waals surface area contributed by atoms with Gasteiger partial charge in [0.05, 0.1) is 5.56 Å². The maximum atomic E-state index is 13.2. The average molecular weight is 498 g/mol. The number of carbonyl (C=O) groups excluding carboxylic acids is 2. The van der Waals surface area contributed by atoms with Gasteiger partial charge in [0.1, 0.15) is 0 Å².